The normalized spacial score (nSPS) is 10.7. The molecule has 0 saturated carbocycles. The van der Waals surface area contributed by atoms with Crippen molar-refractivity contribution in [3.05, 3.63) is 121 Å². The lowest BCUT2D eigenvalue weighted by Gasteiger charge is -2.25. The second-order valence-corrected chi connectivity index (χ2v) is 7.05. The van der Waals surface area contributed by atoms with E-state index in [1.54, 1.807) is 0 Å². The highest BCUT2D eigenvalue weighted by Crippen LogP contribution is 2.35. The molecule has 1 aromatic heterocycles. The molecule has 5 rings (SSSR count). The predicted molar refractivity (Wildman–Crippen MR) is 126 cm³/mol. The van der Waals surface area contributed by atoms with Crippen LogP contribution >= 0.6 is 0 Å². The summed E-state index contributed by atoms with van der Waals surface area (Å²) >= 11 is 0. The van der Waals surface area contributed by atoms with E-state index >= 15 is 0 Å². The van der Waals surface area contributed by atoms with Crippen molar-refractivity contribution in [3.63, 3.8) is 0 Å². The van der Waals surface area contributed by atoms with Crippen molar-refractivity contribution >= 4 is 39.3 Å². The van der Waals surface area contributed by atoms with Gasteiger partial charge in [0.05, 0.1) is 5.52 Å². The zero-order valence-electron chi connectivity index (χ0n) is 16.4. The van der Waals surface area contributed by atoms with Crippen molar-refractivity contribution in [3.8, 4) is 0 Å². The number of hydrogen-bond acceptors (Lipinski definition) is 3. The van der Waals surface area contributed by atoms with Gasteiger partial charge in [0.15, 0.2) is 0 Å². The fourth-order valence-electron chi connectivity index (χ4n) is 3.66. The maximum Gasteiger partial charge on any atom is 0.0722 e. The third kappa shape index (κ3) is 3.61. The van der Waals surface area contributed by atoms with Crippen LogP contribution in [0.1, 0.15) is 0 Å². The second-order valence-electron chi connectivity index (χ2n) is 7.05. The first-order valence-electron chi connectivity index (χ1n) is 9.99. The number of pyridine rings is 1. The summed E-state index contributed by atoms with van der Waals surface area (Å²) in [6, 6.07) is 39.6. The summed E-state index contributed by atoms with van der Waals surface area (Å²) in [7, 11) is 0. The van der Waals surface area contributed by atoms with Crippen molar-refractivity contribution < 1.29 is 0 Å². The van der Waals surface area contributed by atoms with Gasteiger partial charge in [-0.1, -0.05) is 42.5 Å². The van der Waals surface area contributed by atoms with E-state index in [-0.39, 0.29) is 0 Å². The third-order valence-corrected chi connectivity index (χ3v) is 5.08. The van der Waals surface area contributed by atoms with Crippen LogP contribution in [0.15, 0.2) is 121 Å². The Balaban J connectivity index is 1.48. The van der Waals surface area contributed by atoms with Crippen molar-refractivity contribution in [1.29, 1.82) is 0 Å². The summed E-state index contributed by atoms with van der Waals surface area (Å²) < 4.78 is 0. The monoisotopic (exact) mass is 387 g/mol. The Morgan fingerprint density at radius 3 is 1.83 bits per heavy atom. The summed E-state index contributed by atoms with van der Waals surface area (Å²) in [5, 5.41) is 4.64. The highest BCUT2D eigenvalue weighted by molar-refractivity contribution is 5.93. The number of benzene rings is 4. The summed E-state index contributed by atoms with van der Waals surface area (Å²) in [6.45, 7) is 0. The van der Waals surface area contributed by atoms with E-state index in [0.717, 1.165) is 39.3 Å². The van der Waals surface area contributed by atoms with Crippen LogP contribution in [-0.2, 0) is 0 Å². The molecule has 0 atom stereocenters. The quantitative estimate of drug-likeness (QED) is 0.339. The number of rotatable bonds is 5. The molecule has 4 aromatic carbocycles. The average molecular weight is 387 g/mol. The number of aromatic nitrogens is 1. The summed E-state index contributed by atoms with van der Waals surface area (Å²) in [4.78, 5) is 6.70. The maximum absolute atomic E-state index is 4.44. The van der Waals surface area contributed by atoms with E-state index in [9.17, 15) is 0 Å². The number of nitrogens with one attached hydrogen (secondary N) is 1. The van der Waals surface area contributed by atoms with Crippen LogP contribution in [0.25, 0.3) is 10.9 Å². The Morgan fingerprint density at radius 1 is 0.533 bits per heavy atom. The van der Waals surface area contributed by atoms with Gasteiger partial charge in [-0.2, -0.15) is 0 Å². The van der Waals surface area contributed by atoms with E-state index in [0.29, 0.717) is 0 Å². The molecule has 144 valence electrons. The van der Waals surface area contributed by atoms with Gasteiger partial charge in [-0.3, -0.25) is 4.98 Å². The molecule has 0 amide bonds. The fourth-order valence-corrected chi connectivity index (χ4v) is 3.66. The van der Waals surface area contributed by atoms with Gasteiger partial charge in [0.2, 0.25) is 0 Å². The van der Waals surface area contributed by atoms with Gasteiger partial charge in [0.1, 0.15) is 0 Å². The van der Waals surface area contributed by atoms with E-state index in [1.165, 1.54) is 0 Å². The van der Waals surface area contributed by atoms with Crippen LogP contribution < -0.4 is 10.2 Å². The van der Waals surface area contributed by atoms with Gasteiger partial charge in [0.25, 0.3) is 0 Å². The fraction of sp³-hybridized carbons (Fsp3) is 0. The Morgan fingerprint density at radius 2 is 1.17 bits per heavy atom. The third-order valence-electron chi connectivity index (χ3n) is 5.08. The molecular weight excluding hydrogens is 366 g/mol. The number of anilines is 5. The maximum atomic E-state index is 4.44. The van der Waals surface area contributed by atoms with Crippen LogP contribution in [0.2, 0.25) is 0 Å². The highest BCUT2D eigenvalue weighted by Gasteiger charge is 2.11. The van der Waals surface area contributed by atoms with Gasteiger partial charge < -0.3 is 10.2 Å². The number of hydrogen-bond donors (Lipinski definition) is 1. The molecule has 0 aliphatic carbocycles. The second kappa shape index (κ2) is 8.10. The predicted octanol–water partition coefficient (Wildman–Crippen LogP) is 7.45. The number of fused-ring (bicyclic) bond motifs is 1. The molecular formula is C27H21N3. The minimum atomic E-state index is 0.985. The molecule has 0 aliphatic rings. The first-order chi connectivity index (χ1) is 14.9. The zero-order valence-corrected chi connectivity index (χ0v) is 16.4. The molecule has 30 heavy (non-hydrogen) atoms. The Bertz CT molecular complexity index is 1210. The zero-order chi connectivity index (χ0) is 20.2. The molecule has 0 bridgehead atoms. The van der Waals surface area contributed by atoms with E-state index < -0.39 is 0 Å². The summed E-state index contributed by atoms with van der Waals surface area (Å²) in [5.41, 5.74) is 6.44. The topological polar surface area (TPSA) is 28.2 Å². The molecule has 0 unspecified atom stereocenters. The van der Waals surface area contributed by atoms with Crippen molar-refractivity contribution in [2.24, 2.45) is 0 Å². The van der Waals surface area contributed by atoms with E-state index in [1.807, 2.05) is 36.5 Å². The first kappa shape index (κ1) is 18.0. The molecule has 5 aromatic rings. The molecule has 1 N–H and O–H groups in total. The molecule has 0 spiro atoms. The number of para-hydroxylation sites is 2. The van der Waals surface area contributed by atoms with Gasteiger partial charge in [-0.15, -0.1) is 0 Å². The van der Waals surface area contributed by atoms with E-state index in [2.05, 4.69) is 100 Å². The molecule has 0 fully saturated rings. The van der Waals surface area contributed by atoms with Crippen LogP contribution in [0, 0.1) is 0 Å². The van der Waals surface area contributed by atoms with Crippen LogP contribution in [0.4, 0.5) is 28.4 Å². The lowest BCUT2D eigenvalue weighted by atomic mass is 10.1. The minimum Gasteiger partial charge on any atom is -0.355 e. The van der Waals surface area contributed by atoms with Crippen molar-refractivity contribution in [2.75, 3.05) is 10.2 Å². The lowest BCUT2D eigenvalue weighted by molar-refractivity contribution is 1.28. The highest BCUT2D eigenvalue weighted by atomic mass is 15.1. The van der Waals surface area contributed by atoms with Gasteiger partial charge in [-0.25, -0.2) is 0 Å². The largest absolute Gasteiger partial charge is 0.355 e. The van der Waals surface area contributed by atoms with Crippen LogP contribution in [0.3, 0.4) is 0 Å². The van der Waals surface area contributed by atoms with Gasteiger partial charge in [0, 0.05) is 40.0 Å². The standard InChI is InChI=1S/C27H21N3/c1-3-9-22(10-4-1)30(23-11-5-2-6-12-23)24-18-16-21(17-19-24)29-27-15-7-14-26-25(27)13-8-20-28-26/h1-20,29H. The molecule has 0 aliphatic heterocycles. The lowest BCUT2D eigenvalue weighted by Crippen LogP contribution is -2.09. The van der Waals surface area contributed by atoms with Crippen LogP contribution in [0.5, 0.6) is 0 Å². The van der Waals surface area contributed by atoms with Gasteiger partial charge >= 0.3 is 0 Å². The van der Waals surface area contributed by atoms with Crippen molar-refractivity contribution in [2.45, 2.75) is 0 Å². The molecule has 0 radical (unpaired) electrons. The summed E-state index contributed by atoms with van der Waals surface area (Å²) in [5.74, 6) is 0. The molecule has 3 nitrogen and oxygen atoms in total. The molecule has 1 heterocycles. The van der Waals surface area contributed by atoms with Crippen LogP contribution in [-0.4, -0.2) is 4.98 Å². The molecule has 0 saturated heterocycles. The Hall–Kier alpha value is -4.11. The Kier molecular flexibility index (Phi) is 4.84. The summed E-state index contributed by atoms with van der Waals surface area (Å²) in [6.07, 6.45) is 1.82. The van der Waals surface area contributed by atoms with Gasteiger partial charge in [-0.05, 0) is 72.8 Å². The molecule has 3 heteroatoms. The van der Waals surface area contributed by atoms with E-state index in [4.69, 9.17) is 0 Å². The minimum absolute atomic E-state index is 0.985. The smallest absolute Gasteiger partial charge is 0.0722 e. The average Bonchev–Trinajstić information content (AvgIpc) is 2.82. The van der Waals surface area contributed by atoms with Crippen molar-refractivity contribution in [1.82, 2.24) is 4.98 Å². The first-order valence-corrected chi connectivity index (χ1v) is 9.99. The SMILES string of the molecule is c1ccc(N(c2ccccc2)c2ccc(Nc3cccc4ncccc34)cc2)cc1. The number of nitrogens with zero attached hydrogens (tertiary/aromatic N) is 2. The Labute approximate surface area is 176 Å².